The molecule has 0 aliphatic heterocycles. The first-order valence-electron chi connectivity index (χ1n) is 6.11. The van der Waals surface area contributed by atoms with Crippen LogP contribution in [0.3, 0.4) is 0 Å². The lowest BCUT2D eigenvalue weighted by Crippen LogP contribution is -2.09. The van der Waals surface area contributed by atoms with Crippen molar-refractivity contribution in [3.8, 4) is 17.6 Å². The average Bonchev–Trinajstić information content (AvgIpc) is 2.47. The summed E-state index contributed by atoms with van der Waals surface area (Å²) >= 11 is 0. The summed E-state index contributed by atoms with van der Waals surface area (Å²) in [7, 11) is 0. The van der Waals surface area contributed by atoms with Gasteiger partial charge in [0, 0.05) is 0 Å². The zero-order valence-corrected chi connectivity index (χ0v) is 10.7. The largest absolute Gasteiger partial charge is 0.485 e. The van der Waals surface area contributed by atoms with E-state index in [9.17, 15) is 0 Å². The zero-order valence-electron chi connectivity index (χ0n) is 10.7. The summed E-state index contributed by atoms with van der Waals surface area (Å²) in [6.07, 6.45) is -0.499. The van der Waals surface area contributed by atoms with Gasteiger partial charge < -0.3 is 9.47 Å². The maximum absolute atomic E-state index is 8.78. The average molecular weight is 253 g/mol. The number of hydrogen-bond donors (Lipinski definition) is 0. The zero-order chi connectivity index (χ0) is 13.5. The molecule has 0 saturated heterocycles. The Morgan fingerprint density at radius 3 is 2.32 bits per heavy atom. The number of rotatable bonds is 5. The van der Waals surface area contributed by atoms with Gasteiger partial charge in [-0.1, -0.05) is 42.5 Å². The van der Waals surface area contributed by atoms with Gasteiger partial charge in [0.05, 0.1) is 0 Å². The van der Waals surface area contributed by atoms with E-state index in [1.165, 1.54) is 0 Å². The number of nitriles is 1. The highest BCUT2D eigenvalue weighted by Crippen LogP contribution is 2.28. The Bertz CT molecular complexity index is 560. The lowest BCUT2D eigenvalue weighted by Gasteiger charge is -2.13. The molecule has 0 saturated carbocycles. The fraction of sp³-hybridized carbons (Fsp3) is 0.188. The molecule has 0 bridgehead atoms. The van der Waals surface area contributed by atoms with Gasteiger partial charge in [-0.25, -0.2) is 0 Å². The minimum atomic E-state index is -0.499. The monoisotopic (exact) mass is 253 g/mol. The van der Waals surface area contributed by atoms with Crippen LogP contribution in [0.15, 0.2) is 54.6 Å². The van der Waals surface area contributed by atoms with Crippen LogP contribution in [0.5, 0.6) is 11.5 Å². The van der Waals surface area contributed by atoms with Gasteiger partial charge >= 0.3 is 0 Å². The number of ether oxygens (including phenoxy) is 2. The van der Waals surface area contributed by atoms with Crippen LogP contribution in [0.2, 0.25) is 0 Å². The Morgan fingerprint density at radius 2 is 1.63 bits per heavy atom. The van der Waals surface area contributed by atoms with Crippen molar-refractivity contribution in [1.82, 2.24) is 0 Å². The van der Waals surface area contributed by atoms with Crippen molar-refractivity contribution in [3.63, 3.8) is 0 Å². The molecule has 0 radical (unpaired) electrons. The van der Waals surface area contributed by atoms with Gasteiger partial charge in [0.15, 0.2) is 17.6 Å². The molecule has 0 fully saturated rings. The summed E-state index contributed by atoms with van der Waals surface area (Å²) in [5, 5.41) is 8.78. The smallest absolute Gasteiger partial charge is 0.181 e. The molecular formula is C16H15NO2. The van der Waals surface area contributed by atoms with Crippen LogP contribution in [-0.4, -0.2) is 6.10 Å². The molecule has 0 aliphatic carbocycles. The molecule has 96 valence electrons. The van der Waals surface area contributed by atoms with Crippen LogP contribution in [0.25, 0.3) is 0 Å². The summed E-state index contributed by atoms with van der Waals surface area (Å²) < 4.78 is 11.2. The maximum atomic E-state index is 8.78. The Balaban J connectivity index is 2.06. The highest BCUT2D eigenvalue weighted by Gasteiger charge is 2.08. The Labute approximate surface area is 113 Å². The van der Waals surface area contributed by atoms with Crippen molar-refractivity contribution in [2.75, 3.05) is 0 Å². The third kappa shape index (κ3) is 3.75. The maximum Gasteiger partial charge on any atom is 0.181 e. The molecular weight excluding hydrogens is 238 g/mol. The van der Waals surface area contributed by atoms with Crippen molar-refractivity contribution in [3.05, 3.63) is 60.2 Å². The van der Waals surface area contributed by atoms with Crippen LogP contribution in [0, 0.1) is 11.3 Å². The normalized spacial score (nSPS) is 11.4. The van der Waals surface area contributed by atoms with Crippen molar-refractivity contribution >= 4 is 0 Å². The first-order valence-corrected chi connectivity index (χ1v) is 6.11. The van der Waals surface area contributed by atoms with E-state index in [0.29, 0.717) is 18.1 Å². The highest BCUT2D eigenvalue weighted by molar-refractivity contribution is 5.40. The summed E-state index contributed by atoms with van der Waals surface area (Å²) in [4.78, 5) is 0. The second-order valence-electron chi connectivity index (χ2n) is 4.11. The summed E-state index contributed by atoms with van der Waals surface area (Å²) in [6.45, 7) is 2.18. The van der Waals surface area contributed by atoms with E-state index in [4.69, 9.17) is 14.7 Å². The molecule has 2 rings (SSSR count). The predicted molar refractivity (Wildman–Crippen MR) is 72.9 cm³/mol. The van der Waals surface area contributed by atoms with E-state index in [1.807, 2.05) is 54.6 Å². The lowest BCUT2D eigenvalue weighted by atomic mass is 10.2. The van der Waals surface area contributed by atoms with Crippen LogP contribution in [0.4, 0.5) is 0 Å². The fourth-order valence-electron chi connectivity index (χ4n) is 1.62. The van der Waals surface area contributed by atoms with Gasteiger partial charge in [0.1, 0.15) is 12.7 Å². The predicted octanol–water partition coefficient (Wildman–Crippen LogP) is 3.56. The molecule has 0 aromatic heterocycles. The van der Waals surface area contributed by atoms with Gasteiger partial charge in [-0.05, 0) is 24.6 Å². The SMILES string of the molecule is CC(C#N)Oc1ccccc1OCc1ccccc1. The van der Waals surface area contributed by atoms with Gasteiger partial charge in [-0.2, -0.15) is 5.26 Å². The number of benzene rings is 2. The van der Waals surface area contributed by atoms with E-state index in [2.05, 4.69) is 0 Å². The van der Waals surface area contributed by atoms with Gasteiger partial charge in [0.25, 0.3) is 0 Å². The molecule has 0 heterocycles. The molecule has 0 amide bonds. The first kappa shape index (κ1) is 13.0. The Hall–Kier alpha value is -2.47. The Kier molecular flexibility index (Phi) is 4.41. The van der Waals surface area contributed by atoms with E-state index in [-0.39, 0.29) is 0 Å². The number of hydrogen-bond acceptors (Lipinski definition) is 3. The fourth-order valence-corrected chi connectivity index (χ4v) is 1.62. The summed E-state index contributed by atoms with van der Waals surface area (Å²) in [5.41, 5.74) is 1.09. The third-order valence-corrected chi connectivity index (χ3v) is 2.57. The molecule has 19 heavy (non-hydrogen) atoms. The lowest BCUT2D eigenvalue weighted by molar-refractivity contribution is 0.241. The topological polar surface area (TPSA) is 42.2 Å². The molecule has 3 nitrogen and oxygen atoms in total. The minimum Gasteiger partial charge on any atom is -0.485 e. The van der Waals surface area contributed by atoms with Crippen LogP contribution >= 0.6 is 0 Å². The van der Waals surface area contributed by atoms with Crippen molar-refractivity contribution in [1.29, 1.82) is 5.26 Å². The van der Waals surface area contributed by atoms with E-state index in [1.54, 1.807) is 13.0 Å². The highest BCUT2D eigenvalue weighted by atomic mass is 16.5. The molecule has 0 spiro atoms. The summed E-state index contributed by atoms with van der Waals surface area (Å²) in [6, 6.07) is 19.3. The van der Waals surface area contributed by atoms with Gasteiger partial charge in [0.2, 0.25) is 0 Å². The Morgan fingerprint density at radius 1 is 1.00 bits per heavy atom. The van der Waals surface area contributed by atoms with Crippen molar-refractivity contribution in [2.45, 2.75) is 19.6 Å². The van der Waals surface area contributed by atoms with Crippen LogP contribution < -0.4 is 9.47 Å². The van der Waals surface area contributed by atoms with E-state index >= 15 is 0 Å². The molecule has 2 aromatic carbocycles. The summed E-state index contributed by atoms with van der Waals surface area (Å²) in [5.74, 6) is 1.24. The molecule has 2 aromatic rings. The van der Waals surface area contributed by atoms with Gasteiger partial charge in [-0.3, -0.25) is 0 Å². The van der Waals surface area contributed by atoms with E-state index in [0.717, 1.165) is 5.56 Å². The standard InChI is InChI=1S/C16H15NO2/c1-13(11-17)19-16-10-6-5-9-15(16)18-12-14-7-3-2-4-8-14/h2-10,13H,12H2,1H3. The molecule has 0 aliphatic rings. The molecule has 0 N–H and O–H groups in total. The third-order valence-electron chi connectivity index (χ3n) is 2.57. The number of nitrogens with zero attached hydrogens (tertiary/aromatic N) is 1. The minimum absolute atomic E-state index is 0.474. The van der Waals surface area contributed by atoms with E-state index < -0.39 is 6.10 Å². The second kappa shape index (κ2) is 6.46. The van der Waals surface area contributed by atoms with Gasteiger partial charge in [-0.15, -0.1) is 0 Å². The van der Waals surface area contributed by atoms with Crippen molar-refractivity contribution < 1.29 is 9.47 Å². The quantitative estimate of drug-likeness (QED) is 0.818. The molecule has 1 atom stereocenters. The van der Waals surface area contributed by atoms with Crippen molar-refractivity contribution in [2.24, 2.45) is 0 Å². The van der Waals surface area contributed by atoms with Crippen LogP contribution in [-0.2, 0) is 6.61 Å². The number of para-hydroxylation sites is 2. The first-order chi connectivity index (χ1) is 9.29. The second-order valence-corrected chi connectivity index (χ2v) is 4.11. The molecule has 3 heteroatoms. The van der Waals surface area contributed by atoms with Crippen LogP contribution in [0.1, 0.15) is 12.5 Å². The molecule has 1 unspecified atom stereocenters.